The van der Waals surface area contributed by atoms with E-state index in [1.807, 2.05) is 6.20 Å². The quantitative estimate of drug-likeness (QED) is 0.562. The Morgan fingerprint density at radius 2 is 1.97 bits per heavy atom. The zero-order chi connectivity index (χ0) is 20.4. The highest BCUT2D eigenvalue weighted by molar-refractivity contribution is 9.10. The number of halogens is 3. The molecule has 0 saturated carbocycles. The maximum Gasteiger partial charge on any atom is 0.274 e. The zero-order valence-electron chi connectivity index (χ0n) is 15.5. The number of benzene rings is 1. The zero-order valence-corrected chi connectivity index (χ0v) is 17.9. The molecule has 1 fully saturated rings. The van der Waals surface area contributed by atoms with E-state index in [0.717, 1.165) is 4.47 Å². The first kappa shape index (κ1) is 20.1. The Hall–Kier alpha value is -2.23. The second kappa shape index (κ2) is 8.64. The van der Waals surface area contributed by atoms with Crippen molar-refractivity contribution in [2.45, 2.75) is 13.2 Å². The van der Waals surface area contributed by atoms with Crippen LogP contribution in [-0.2, 0) is 13.2 Å². The third kappa shape index (κ3) is 4.68. The lowest BCUT2D eigenvalue weighted by atomic mass is 10.1. The van der Waals surface area contributed by atoms with Gasteiger partial charge in [0.25, 0.3) is 5.91 Å². The van der Waals surface area contributed by atoms with E-state index in [1.54, 1.807) is 44.9 Å². The molecule has 3 heterocycles. The Morgan fingerprint density at radius 1 is 1.17 bits per heavy atom. The van der Waals surface area contributed by atoms with E-state index in [4.69, 9.17) is 11.6 Å². The van der Waals surface area contributed by atoms with E-state index in [2.05, 4.69) is 31.0 Å². The average Bonchev–Trinajstić information content (AvgIpc) is 3.34. The summed E-state index contributed by atoms with van der Waals surface area (Å²) in [5.74, 6) is -0.403. The van der Waals surface area contributed by atoms with E-state index in [1.165, 1.54) is 6.07 Å². The molecule has 0 unspecified atom stereocenters. The van der Waals surface area contributed by atoms with Crippen LogP contribution in [0, 0.1) is 5.82 Å². The van der Waals surface area contributed by atoms with E-state index >= 15 is 0 Å². The fourth-order valence-corrected chi connectivity index (χ4v) is 3.85. The lowest BCUT2D eigenvalue weighted by molar-refractivity contribution is 0.0620. The summed E-state index contributed by atoms with van der Waals surface area (Å²) in [6.45, 7) is 3.28. The fraction of sp³-hybridized carbons (Fsp3) is 0.316. The molecule has 2 aromatic heterocycles. The topological polar surface area (TPSA) is 59.2 Å². The molecule has 1 aromatic carbocycles. The molecule has 1 saturated heterocycles. The highest BCUT2D eigenvalue weighted by Crippen LogP contribution is 2.21. The van der Waals surface area contributed by atoms with Gasteiger partial charge in [0.2, 0.25) is 0 Å². The highest BCUT2D eigenvalue weighted by atomic mass is 79.9. The molecule has 0 radical (unpaired) electrons. The number of aromatic nitrogens is 4. The van der Waals surface area contributed by atoms with Gasteiger partial charge in [0.1, 0.15) is 18.2 Å². The van der Waals surface area contributed by atoms with Crippen molar-refractivity contribution in [2.75, 3.05) is 26.2 Å². The van der Waals surface area contributed by atoms with E-state index in [9.17, 15) is 9.18 Å². The maximum atomic E-state index is 14.0. The summed E-state index contributed by atoms with van der Waals surface area (Å²) in [5, 5.41) is 8.98. The summed E-state index contributed by atoms with van der Waals surface area (Å²) in [6, 6.07) is 6.42. The standard InChI is InChI=1S/C19H19BrClFN6O/c20-14-10-23-28(11-14)13-27-5-4-18(24-27)19(29)26-8-6-25(7-9-26)12-15-16(21)2-1-3-17(15)22/h1-5,10-11H,6-9,12-13H2. The van der Waals surface area contributed by atoms with Crippen LogP contribution in [-0.4, -0.2) is 61.4 Å². The van der Waals surface area contributed by atoms with Gasteiger partial charge in [0.15, 0.2) is 0 Å². The highest BCUT2D eigenvalue weighted by Gasteiger charge is 2.24. The molecule has 0 atom stereocenters. The Kier molecular flexibility index (Phi) is 5.98. The van der Waals surface area contributed by atoms with Gasteiger partial charge in [-0.05, 0) is 34.1 Å². The van der Waals surface area contributed by atoms with Crippen molar-refractivity contribution < 1.29 is 9.18 Å². The molecule has 0 N–H and O–H groups in total. The first-order valence-corrected chi connectivity index (χ1v) is 10.3. The Balaban J connectivity index is 1.33. The number of piperazine rings is 1. The van der Waals surface area contributed by atoms with Crippen molar-refractivity contribution in [2.24, 2.45) is 0 Å². The predicted octanol–water partition coefficient (Wildman–Crippen LogP) is 3.10. The average molecular weight is 482 g/mol. The molecule has 3 aromatic rings. The molecule has 0 spiro atoms. The van der Waals surface area contributed by atoms with Crippen molar-refractivity contribution in [3.63, 3.8) is 0 Å². The molecule has 4 rings (SSSR count). The Morgan fingerprint density at radius 3 is 2.66 bits per heavy atom. The second-order valence-electron chi connectivity index (χ2n) is 6.85. The number of carbonyl (C=O) groups excluding carboxylic acids is 1. The van der Waals surface area contributed by atoms with Crippen LogP contribution < -0.4 is 0 Å². The van der Waals surface area contributed by atoms with Gasteiger partial charge < -0.3 is 4.90 Å². The van der Waals surface area contributed by atoms with Crippen LogP contribution in [0.3, 0.4) is 0 Å². The largest absolute Gasteiger partial charge is 0.335 e. The van der Waals surface area contributed by atoms with Gasteiger partial charge >= 0.3 is 0 Å². The summed E-state index contributed by atoms with van der Waals surface area (Å²) >= 11 is 9.47. The number of carbonyl (C=O) groups is 1. The van der Waals surface area contributed by atoms with Crippen LogP contribution in [0.1, 0.15) is 16.1 Å². The maximum absolute atomic E-state index is 14.0. The lowest BCUT2D eigenvalue weighted by Crippen LogP contribution is -2.48. The number of hydrogen-bond donors (Lipinski definition) is 0. The molecular weight excluding hydrogens is 463 g/mol. The third-order valence-corrected chi connectivity index (χ3v) is 5.62. The predicted molar refractivity (Wildman–Crippen MR) is 110 cm³/mol. The van der Waals surface area contributed by atoms with Crippen LogP contribution in [0.25, 0.3) is 0 Å². The van der Waals surface area contributed by atoms with Crippen LogP contribution in [0.4, 0.5) is 4.39 Å². The van der Waals surface area contributed by atoms with Crippen molar-refractivity contribution >= 4 is 33.4 Å². The van der Waals surface area contributed by atoms with Gasteiger partial charge in [0, 0.05) is 55.7 Å². The Labute approximate surface area is 180 Å². The first-order valence-electron chi connectivity index (χ1n) is 9.15. The van der Waals surface area contributed by atoms with E-state index in [0.29, 0.717) is 55.7 Å². The number of nitrogens with zero attached hydrogens (tertiary/aromatic N) is 6. The van der Waals surface area contributed by atoms with Crippen molar-refractivity contribution in [1.82, 2.24) is 29.4 Å². The molecule has 7 nitrogen and oxygen atoms in total. The van der Waals surface area contributed by atoms with E-state index < -0.39 is 0 Å². The van der Waals surface area contributed by atoms with Crippen LogP contribution in [0.2, 0.25) is 5.02 Å². The van der Waals surface area contributed by atoms with Gasteiger partial charge in [-0.25, -0.2) is 9.07 Å². The minimum Gasteiger partial charge on any atom is -0.335 e. The normalized spacial score (nSPS) is 15.1. The third-order valence-electron chi connectivity index (χ3n) is 4.85. The lowest BCUT2D eigenvalue weighted by Gasteiger charge is -2.34. The molecule has 1 aliphatic heterocycles. The molecule has 10 heteroatoms. The summed E-state index contributed by atoms with van der Waals surface area (Å²) in [4.78, 5) is 16.6. The molecule has 152 valence electrons. The SMILES string of the molecule is O=C(c1ccn(Cn2cc(Br)cn2)n1)N1CCN(Cc2c(F)cccc2Cl)CC1. The van der Waals surface area contributed by atoms with Gasteiger partial charge in [-0.2, -0.15) is 10.2 Å². The van der Waals surface area contributed by atoms with Crippen molar-refractivity contribution in [3.8, 4) is 0 Å². The van der Waals surface area contributed by atoms with Gasteiger partial charge in [0.05, 0.1) is 10.7 Å². The van der Waals surface area contributed by atoms with Gasteiger partial charge in [-0.1, -0.05) is 17.7 Å². The molecule has 1 aliphatic rings. The number of rotatable bonds is 5. The van der Waals surface area contributed by atoms with Gasteiger partial charge in [-0.3, -0.25) is 14.4 Å². The summed E-state index contributed by atoms with van der Waals surface area (Å²) in [6.07, 6.45) is 5.30. The van der Waals surface area contributed by atoms with E-state index in [-0.39, 0.29) is 11.7 Å². The Bertz CT molecular complexity index is 994. The van der Waals surface area contributed by atoms with Crippen molar-refractivity contribution in [1.29, 1.82) is 0 Å². The minimum atomic E-state index is -0.300. The fourth-order valence-electron chi connectivity index (χ4n) is 3.30. The molecule has 29 heavy (non-hydrogen) atoms. The molecule has 0 aliphatic carbocycles. The smallest absolute Gasteiger partial charge is 0.274 e. The first-order chi connectivity index (χ1) is 14.0. The summed E-state index contributed by atoms with van der Waals surface area (Å²) < 4.78 is 18.3. The summed E-state index contributed by atoms with van der Waals surface area (Å²) in [5.41, 5.74) is 0.903. The van der Waals surface area contributed by atoms with Crippen LogP contribution in [0.15, 0.2) is 47.3 Å². The number of amides is 1. The van der Waals surface area contributed by atoms with Crippen LogP contribution in [0.5, 0.6) is 0 Å². The molecule has 1 amide bonds. The van der Waals surface area contributed by atoms with Crippen molar-refractivity contribution in [3.05, 3.63) is 69.4 Å². The monoisotopic (exact) mass is 480 g/mol. The second-order valence-corrected chi connectivity index (χ2v) is 8.17. The minimum absolute atomic E-state index is 0.103. The number of hydrogen-bond acceptors (Lipinski definition) is 4. The molecular formula is C19H19BrClFN6O. The van der Waals surface area contributed by atoms with Crippen LogP contribution >= 0.6 is 27.5 Å². The van der Waals surface area contributed by atoms with Gasteiger partial charge in [-0.15, -0.1) is 0 Å². The summed E-state index contributed by atoms with van der Waals surface area (Å²) in [7, 11) is 0. The molecule has 0 bridgehead atoms.